The van der Waals surface area contributed by atoms with E-state index >= 15 is 0 Å². The van der Waals surface area contributed by atoms with E-state index in [1.807, 2.05) is 37.3 Å². The summed E-state index contributed by atoms with van der Waals surface area (Å²) in [5, 5.41) is 5.85. The lowest BCUT2D eigenvalue weighted by Crippen LogP contribution is -2.49. The number of hydrogen-bond acceptors (Lipinski definition) is 3. The summed E-state index contributed by atoms with van der Waals surface area (Å²) in [6.45, 7) is 5.98. The largest absolute Gasteiger partial charge is 0.352 e. The maximum absolute atomic E-state index is 13.1. The Hall–Kier alpha value is -2.37. The molecule has 1 aliphatic heterocycles. The van der Waals surface area contributed by atoms with Crippen LogP contribution in [0.2, 0.25) is 0 Å². The molecule has 3 rings (SSSR count). The van der Waals surface area contributed by atoms with Crippen molar-refractivity contribution in [3.63, 3.8) is 0 Å². The molecule has 146 valence electrons. The molecule has 4 atom stereocenters. The van der Waals surface area contributed by atoms with Crippen molar-refractivity contribution in [2.24, 2.45) is 11.8 Å². The molecule has 0 aromatic heterocycles. The van der Waals surface area contributed by atoms with Crippen molar-refractivity contribution in [1.29, 1.82) is 0 Å². The molecule has 1 aliphatic carbocycles. The van der Waals surface area contributed by atoms with Crippen LogP contribution in [0.25, 0.3) is 0 Å². The second-order valence-electron chi connectivity index (χ2n) is 7.89. The lowest BCUT2D eigenvalue weighted by atomic mass is 9.78. The summed E-state index contributed by atoms with van der Waals surface area (Å²) in [6.07, 6.45) is 3.64. The van der Waals surface area contributed by atoms with Crippen LogP contribution < -0.4 is 10.6 Å². The number of hydrogen-bond donors (Lipinski definition) is 2. The first kappa shape index (κ1) is 19.4. The SMILES string of the molecule is CC[C@]1(c2ccccc2)NC(=O)N(CC(=O)N[C@H]2CCC[C@H](C)[C@@H]2C)C1=O. The fourth-order valence-electron chi connectivity index (χ4n) is 4.31. The zero-order valence-corrected chi connectivity index (χ0v) is 16.3. The van der Waals surface area contributed by atoms with Gasteiger partial charge in [-0.1, -0.05) is 63.9 Å². The van der Waals surface area contributed by atoms with Crippen LogP contribution in [0.5, 0.6) is 0 Å². The highest BCUT2D eigenvalue weighted by Crippen LogP contribution is 2.32. The number of benzene rings is 1. The van der Waals surface area contributed by atoms with Gasteiger partial charge < -0.3 is 10.6 Å². The smallest absolute Gasteiger partial charge is 0.325 e. The lowest BCUT2D eigenvalue weighted by molar-refractivity contribution is -0.135. The molecule has 2 aliphatic rings. The van der Waals surface area contributed by atoms with E-state index in [9.17, 15) is 14.4 Å². The highest BCUT2D eigenvalue weighted by atomic mass is 16.2. The average molecular weight is 371 g/mol. The summed E-state index contributed by atoms with van der Waals surface area (Å²) >= 11 is 0. The Labute approximate surface area is 160 Å². The zero-order chi connectivity index (χ0) is 19.6. The predicted molar refractivity (Wildman–Crippen MR) is 103 cm³/mol. The van der Waals surface area contributed by atoms with Crippen molar-refractivity contribution in [2.45, 2.75) is 58.0 Å². The standard InChI is InChI=1S/C21H29N3O3/c1-4-21(16-10-6-5-7-11-16)19(26)24(20(27)23-21)13-18(25)22-17-12-8-9-14(2)15(17)3/h5-7,10-11,14-15,17H,4,8-9,12-13H2,1-3H3,(H,22,25)(H,23,27)/t14-,15-,17-,21+/m0/s1. The molecule has 6 heteroatoms. The molecule has 4 amide bonds. The van der Waals surface area contributed by atoms with Crippen LogP contribution in [0.15, 0.2) is 30.3 Å². The first-order valence-corrected chi connectivity index (χ1v) is 9.88. The van der Waals surface area contributed by atoms with Crippen LogP contribution in [-0.4, -0.2) is 35.3 Å². The van der Waals surface area contributed by atoms with E-state index in [4.69, 9.17) is 0 Å². The number of rotatable bonds is 5. The number of carbonyl (C=O) groups is 3. The molecule has 2 N–H and O–H groups in total. The Balaban J connectivity index is 1.71. The van der Waals surface area contributed by atoms with Gasteiger partial charge in [-0.25, -0.2) is 4.79 Å². The maximum atomic E-state index is 13.1. The molecule has 27 heavy (non-hydrogen) atoms. The van der Waals surface area contributed by atoms with E-state index in [2.05, 4.69) is 24.5 Å². The molecule has 0 unspecified atom stereocenters. The Morgan fingerprint density at radius 1 is 1.22 bits per heavy atom. The van der Waals surface area contributed by atoms with Gasteiger partial charge in [0.15, 0.2) is 0 Å². The zero-order valence-electron chi connectivity index (χ0n) is 16.3. The molecule has 2 fully saturated rings. The van der Waals surface area contributed by atoms with Crippen LogP contribution in [0, 0.1) is 11.8 Å². The average Bonchev–Trinajstić information content (AvgIpc) is 2.91. The van der Waals surface area contributed by atoms with Gasteiger partial charge in [-0.3, -0.25) is 14.5 Å². The van der Waals surface area contributed by atoms with Gasteiger partial charge in [0.1, 0.15) is 12.1 Å². The fourth-order valence-corrected chi connectivity index (χ4v) is 4.31. The van der Waals surface area contributed by atoms with Gasteiger partial charge in [0, 0.05) is 6.04 Å². The summed E-state index contributed by atoms with van der Waals surface area (Å²) in [5.41, 5.74) is -0.353. The molecule has 1 saturated heterocycles. The highest BCUT2D eigenvalue weighted by molar-refractivity contribution is 6.09. The first-order chi connectivity index (χ1) is 12.9. The van der Waals surface area contributed by atoms with Crippen LogP contribution in [0.1, 0.15) is 52.0 Å². The van der Waals surface area contributed by atoms with Gasteiger partial charge in [0.25, 0.3) is 5.91 Å². The van der Waals surface area contributed by atoms with Crippen LogP contribution in [0.4, 0.5) is 4.79 Å². The number of amides is 4. The minimum atomic E-state index is -1.09. The molecule has 0 bridgehead atoms. The van der Waals surface area contributed by atoms with Crippen molar-refractivity contribution in [3.05, 3.63) is 35.9 Å². The van der Waals surface area contributed by atoms with Crippen molar-refractivity contribution in [1.82, 2.24) is 15.5 Å². The van der Waals surface area contributed by atoms with E-state index in [1.165, 1.54) is 6.42 Å². The normalized spacial score (nSPS) is 30.9. The number of urea groups is 1. The van der Waals surface area contributed by atoms with Crippen molar-refractivity contribution >= 4 is 17.8 Å². The van der Waals surface area contributed by atoms with Crippen molar-refractivity contribution in [3.8, 4) is 0 Å². The van der Waals surface area contributed by atoms with Gasteiger partial charge in [-0.15, -0.1) is 0 Å². The molecule has 1 aromatic rings. The van der Waals surface area contributed by atoms with E-state index in [0.717, 1.165) is 23.3 Å². The second kappa shape index (κ2) is 7.71. The fraction of sp³-hybridized carbons (Fsp3) is 0.571. The monoisotopic (exact) mass is 371 g/mol. The third-order valence-electron chi connectivity index (χ3n) is 6.33. The second-order valence-corrected chi connectivity index (χ2v) is 7.89. The van der Waals surface area contributed by atoms with Gasteiger partial charge in [-0.2, -0.15) is 0 Å². The van der Waals surface area contributed by atoms with Gasteiger partial charge >= 0.3 is 6.03 Å². The predicted octanol–water partition coefficient (Wildman–Crippen LogP) is 2.78. The molecular formula is C21H29N3O3. The Morgan fingerprint density at radius 3 is 2.59 bits per heavy atom. The molecule has 0 spiro atoms. The Bertz CT molecular complexity index is 721. The molecule has 1 saturated carbocycles. The summed E-state index contributed by atoms with van der Waals surface area (Å²) in [6, 6.07) is 8.80. The third kappa shape index (κ3) is 3.57. The van der Waals surface area contributed by atoms with E-state index in [-0.39, 0.29) is 24.4 Å². The minimum Gasteiger partial charge on any atom is -0.352 e. The molecular weight excluding hydrogens is 342 g/mol. The topological polar surface area (TPSA) is 78.5 Å². The highest BCUT2D eigenvalue weighted by Gasteiger charge is 2.51. The summed E-state index contributed by atoms with van der Waals surface area (Å²) < 4.78 is 0. The van der Waals surface area contributed by atoms with Crippen LogP contribution in [0.3, 0.4) is 0 Å². The van der Waals surface area contributed by atoms with Crippen molar-refractivity contribution in [2.75, 3.05) is 6.54 Å². The number of carbonyl (C=O) groups excluding carboxylic acids is 3. The van der Waals surface area contributed by atoms with Gasteiger partial charge in [-0.05, 0) is 30.2 Å². The summed E-state index contributed by atoms with van der Waals surface area (Å²) in [7, 11) is 0. The van der Waals surface area contributed by atoms with E-state index < -0.39 is 11.6 Å². The third-order valence-corrected chi connectivity index (χ3v) is 6.33. The van der Waals surface area contributed by atoms with E-state index in [0.29, 0.717) is 18.3 Å². The van der Waals surface area contributed by atoms with Gasteiger partial charge in [0.2, 0.25) is 5.91 Å². The Morgan fingerprint density at radius 2 is 1.93 bits per heavy atom. The molecule has 0 radical (unpaired) electrons. The quantitative estimate of drug-likeness (QED) is 0.781. The first-order valence-electron chi connectivity index (χ1n) is 9.88. The molecule has 6 nitrogen and oxygen atoms in total. The maximum Gasteiger partial charge on any atom is 0.325 e. The number of nitrogens with zero attached hydrogens (tertiary/aromatic N) is 1. The summed E-state index contributed by atoms with van der Waals surface area (Å²) in [5.74, 6) is 0.322. The van der Waals surface area contributed by atoms with Crippen LogP contribution in [-0.2, 0) is 15.1 Å². The summed E-state index contributed by atoms with van der Waals surface area (Å²) in [4.78, 5) is 39.2. The number of imide groups is 1. The van der Waals surface area contributed by atoms with Crippen LogP contribution >= 0.6 is 0 Å². The number of nitrogens with one attached hydrogen (secondary N) is 2. The molecule has 1 aromatic carbocycles. The van der Waals surface area contributed by atoms with E-state index in [1.54, 1.807) is 0 Å². The lowest BCUT2D eigenvalue weighted by Gasteiger charge is -2.34. The van der Waals surface area contributed by atoms with Crippen molar-refractivity contribution < 1.29 is 14.4 Å². The molecule has 1 heterocycles. The minimum absolute atomic E-state index is 0.104. The van der Waals surface area contributed by atoms with Gasteiger partial charge in [0.05, 0.1) is 0 Å². The Kier molecular flexibility index (Phi) is 5.53.